The number of aromatic nitrogens is 3. The summed E-state index contributed by atoms with van der Waals surface area (Å²) >= 11 is 0. The lowest BCUT2D eigenvalue weighted by Gasteiger charge is -2.32. The molecule has 3 rings (SSSR count). The quantitative estimate of drug-likeness (QED) is 0.821. The van der Waals surface area contributed by atoms with Crippen LogP contribution in [0, 0.1) is 0 Å². The minimum absolute atomic E-state index is 0.155. The normalized spacial score (nSPS) is 14.9. The van der Waals surface area contributed by atoms with E-state index in [4.69, 9.17) is 4.74 Å². The van der Waals surface area contributed by atoms with E-state index in [2.05, 4.69) is 27.2 Å². The van der Waals surface area contributed by atoms with Gasteiger partial charge in [0.1, 0.15) is 0 Å². The van der Waals surface area contributed by atoms with Crippen LogP contribution in [0.3, 0.4) is 0 Å². The molecule has 3 heterocycles. The molecule has 0 aliphatic carbocycles. The van der Waals surface area contributed by atoms with Crippen LogP contribution in [-0.2, 0) is 11.2 Å². The van der Waals surface area contributed by atoms with Gasteiger partial charge in [-0.15, -0.1) is 0 Å². The van der Waals surface area contributed by atoms with Crippen LogP contribution in [0.4, 0.5) is 5.82 Å². The van der Waals surface area contributed by atoms with Crippen molar-refractivity contribution in [3.8, 4) is 5.88 Å². The second kappa shape index (κ2) is 9.12. The van der Waals surface area contributed by atoms with E-state index < -0.39 is 0 Å². The van der Waals surface area contributed by atoms with Gasteiger partial charge in [0.05, 0.1) is 13.0 Å². The summed E-state index contributed by atoms with van der Waals surface area (Å²) < 4.78 is 5.65. The van der Waals surface area contributed by atoms with Crippen molar-refractivity contribution < 1.29 is 9.53 Å². The minimum atomic E-state index is 0.155. The third kappa shape index (κ3) is 4.91. The van der Waals surface area contributed by atoms with Crippen molar-refractivity contribution in [2.24, 2.45) is 0 Å². The zero-order valence-electron chi connectivity index (χ0n) is 15.1. The van der Waals surface area contributed by atoms with Gasteiger partial charge in [-0.2, -0.15) is 0 Å². The fourth-order valence-electron chi connectivity index (χ4n) is 2.98. The maximum absolute atomic E-state index is 12.4. The van der Waals surface area contributed by atoms with Gasteiger partial charge in [0.2, 0.25) is 5.91 Å². The molecule has 2 aromatic rings. The molecule has 1 saturated heterocycles. The van der Waals surface area contributed by atoms with Crippen molar-refractivity contribution in [2.45, 2.75) is 38.6 Å². The zero-order chi connectivity index (χ0) is 18.2. The highest BCUT2D eigenvalue weighted by Crippen LogP contribution is 2.22. The van der Waals surface area contributed by atoms with Crippen LogP contribution in [0.5, 0.6) is 5.88 Å². The average molecular weight is 355 g/mol. The van der Waals surface area contributed by atoms with E-state index in [-0.39, 0.29) is 11.9 Å². The topological polar surface area (TPSA) is 80.2 Å². The number of anilines is 1. The Balaban J connectivity index is 1.50. The summed E-state index contributed by atoms with van der Waals surface area (Å²) in [5.74, 6) is 1.38. The minimum Gasteiger partial charge on any atom is -0.475 e. The molecule has 0 spiro atoms. The second-order valence-corrected chi connectivity index (χ2v) is 6.40. The van der Waals surface area contributed by atoms with E-state index in [1.807, 2.05) is 17.0 Å². The first-order chi connectivity index (χ1) is 12.8. The first-order valence-electron chi connectivity index (χ1n) is 9.13. The van der Waals surface area contributed by atoms with Crippen molar-refractivity contribution in [3.63, 3.8) is 0 Å². The number of amides is 1. The highest BCUT2D eigenvalue weighted by atomic mass is 16.5. The highest BCUT2D eigenvalue weighted by Gasteiger charge is 2.24. The molecule has 1 aliphatic rings. The molecule has 7 nitrogen and oxygen atoms in total. The average Bonchev–Trinajstić information content (AvgIpc) is 2.68. The first-order valence-corrected chi connectivity index (χ1v) is 9.13. The molecule has 138 valence electrons. The summed E-state index contributed by atoms with van der Waals surface area (Å²) in [5.41, 5.74) is 0.954. The van der Waals surface area contributed by atoms with Gasteiger partial charge in [-0.1, -0.05) is 13.0 Å². The monoisotopic (exact) mass is 355 g/mol. The predicted molar refractivity (Wildman–Crippen MR) is 99.0 cm³/mol. The molecule has 0 bridgehead atoms. The van der Waals surface area contributed by atoms with Crippen LogP contribution in [0.25, 0.3) is 0 Å². The molecule has 2 aromatic heterocycles. The number of likely N-dealkylation sites (tertiary alicyclic amines) is 1. The number of carbonyl (C=O) groups is 1. The molecule has 7 heteroatoms. The lowest BCUT2D eigenvalue weighted by Crippen LogP contribution is -2.43. The van der Waals surface area contributed by atoms with Crippen LogP contribution in [0.1, 0.15) is 31.7 Å². The van der Waals surface area contributed by atoms with E-state index in [0.29, 0.717) is 24.7 Å². The number of hydrogen-bond donors (Lipinski definition) is 1. The summed E-state index contributed by atoms with van der Waals surface area (Å²) in [6, 6.07) is 4.06. The van der Waals surface area contributed by atoms with E-state index >= 15 is 0 Å². The third-order valence-electron chi connectivity index (χ3n) is 4.37. The van der Waals surface area contributed by atoms with Crippen LogP contribution < -0.4 is 10.1 Å². The maximum atomic E-state index is 12.4. The number of hydrogen-bond acceptors (Lipinski definition) is 6. The van der Waals surface area contributed by atoms with Gasteiger partial charge in [0.25, 0.3) is 5.88 Å². The molecule has 1 fully saturated rings. The Bertz CT molecular complexity index is 702. The summed E-state index contributed by atoms with van der Waals surface area (Å²) in [5, 5.41) is 3.42. The van der Waals surface area contributed by atoms with E-state index in [9.17, 15) is 4.79 Å². The second-order valence-electron chi connectivity index (χ2n) is 6.40. The number of rotatable bonds is 7. The fourth-order valence-corrected chi connectivity index (χ4v) is 2.98. The van der Waals surface area contributed by atoms with Crippen LogP contribution in [0.15, 0.2) is 36.9 Å². The van der Waals surface area contributed by atoms with Gasteiger partial charge in [0.15, 0.2) is 5.82 Å². The Morgan fingerprint density at radius 3 is 2.81 bits per heavy atom. The molecule has 0 saturated carbocycles. The summed E-state index contributed by atoms with van der Waals surface area (Å²) in [4.78, 5) is 27.0. The molecular formula is C19H25N5O2. The molecule has 26 heavy (non-hydrogen) atoms. The number of pyridine rings is 1. The highest BCUT2D eigenvalue weighted by molar-refractivity contribution is 5.78. The van der Waals surface area contributed by atoms with E-state index in [1.165, 1.54) is 0 Å². The van der Waals surface area contributed by atoms with Gasteiger partial charge in [-0.3, -0.25) is 9.78 Å². The Kier molecular flexibility index (Phi) is 6.35. The first kappa shape index (κ1) is 18.1. The summed E-state index contributed by atoms with van der Waals surface area (Å²) in [6.07, 6.45) is 9.85. The SMILES string of the molecule is CCCOc1nccnc1NC1CCN(C(=O)Cc2cccnc2)CC1. The largest absolute Gasteiger partial charge is 0.475 e. The van der Waals surface area contributed by atoms with Gasteiger partial charge >= 0.3 is 0 Å². The van der Waals surface area contributed by atoms with Crippen molar-refractivity contribution in [3.05, 3.63) is 42.5 Å². The lowest BCUT2D eigenvalue weighted by atomic mass is 10.0. The zero-order valence-corrected chi connectivity index (χ0v) is 15.1. The number of nitrogens with zero attached hydrogens (tertiary/aromatic N) is 4. The molecule has 1 N–H and O–H groups in total. The molecule has 1 amide bonds. The maximum Gasteiger partial charge on any atom is 0.257 e. The van der Waals surface area contributed by atoms with Crippen molar-refractivity contribution >= 4 is 11.7 Å². The molecule has 0 unspecified atom stereocenters. The van der Waals surface area contributed by atoms with Crippen LogP contribution in [0.2, 0.25) is 0 Å². The molecule has 0 radical (unpaired) electrons. The summed E-state index contributed by atoms with van der Waals surface area (Å²) in [7, 11) is 0. The molecule has 0 atom stereocenters. The fraction of sp³-hybridized carbons (Fsp3) is 0.474. The molecule has 0 aromatic carbocycles. The molecular weight excluding hydrogens is 330 g/mol. The van der Waals surface area contributed by atoms with Crippen molar-refractivity contribution in [1.29, 1.82) is 0 Å². The Morgan fingerprint density at radius 1 is 1.27 bits per heavy atom. The lowest BCUT2D eigenvalue weighted by molar-refractivity contribution is -0.131. The van der Waals surface area contributed by atoms with Crippen molar-refractivity contribution in [1.82, 2.24) is 19.9 Å². The summed E-state index contributed by atoms with van der Waals surface area (Å²) in [6.45, 7) is 4.15. The predicted octanol–water partition coefficient (Wildman–Crippen LogP) is 2.31. The smallest absolute Gasteiger partial charge is 0.257 e. The Hall–Kier alpha value is -2.70. The van der Waals surface area contributed by atoms with Gasteiger partial charge < -0.3 is 15.0 Å². The van der Waals surface area contributed by atoms with Gasteiger partial charge in [-0.25, -0.2) is 9.97 Å². The Morgan fingerprint density at radius 2 is 2.08 bits per heavy atom. The number of piperidine rings is 1. The standard InChI is InChI=1S/C19H25N5O2/c1-2-12-26-19-18(21-8-9-22-19)23-16-5-10-24(11-6-16)17(25)13-15-4-3-7-20-14-15/h3-4,7-9,14,16H,2,5-6,10-13H2,1H3,(H,21,23). The molecule has 1 aliphatic heterocycles. The van der Waals surface area contributed by atoms with Crippen LogP contribution in [-0.4, -0.2) is 51.5 Å². The van der Waals surface area contributed by atoms with Crippen LogP contribution >= 0.6 is 0 Å². The van der Waals surface area contributed by atoms with Gasteiger partial charge in [-0.05, 0) is 30.9 Å². The Labute approximate surface area is 153 Å². The number of nitrogens with one attached hydrogen (secondary N) is 1. The van der Waals surface area contributed by atoms with Crippen molar-refractivity contribution in [2.75, 3.05) is 25.0 Å². The third-order valence-corrected chi connectivity index (χ3v) is 4.37. The number of carbonyl (C=O) groups excluding carboxylic acids is 1. The van der Waals surface area contributed by atoms with E-state index in [0.717, 1.165) is 37.9 Å². The number of ether oxygens (including phenoxy) is 1. The van der Waals surface area contributed by atoms with Gasteiger partial charge in [0, 0.05) is 43.9 Å². The van der Waals surface area contributed by atoms with E-state index in [1.54, 1.807) is 24.8 Å².